The van der Waals surface area contributed by atoms with Crippen molar-refractivity contribution in [3.05, 3.63) is 206 Å². The maximum Gasteiger partial charge on any atom is 0.221 e. The zero-order chi connectivity index (χ0) is 40.5. The lowest BCUT2D eigenvalue weighted by Crippen LogP contribution is -2.06. The largest absolute Gasteiger partial charge is 0.309 e. The van der Waals surface area contributed by atoms with Crippen LogP contribution in [0.15, 0.2) is 206 Å². The van der Waals surface area contributed by atoms with E-state index in [0.717, 1.165) is 72.5 Å². The fraction of sp³-hybridized carbons (Fsp3) is 0. The van der Waals surface area contributed by atoms with Gasteiger partial charge in [0, 0.05) is 49.1 Å². The van der Waals surface area contributed by atoms with Crippen LogP contribution in [0.5, 0.6) is 0 Å². The number of rotatable bonds is 4. The van der Waals surface area contributed by atoms with Gasteiger partial charge in [-0.1, -0.05) is 127 Å². The van der Waals surface area contributed by atoms with Crippen LogP contribution in [0, 0.1) is 0 Å². The molecular weight excluding hydrogens is 757 g/mol. The molecule has 0 saturated heterocycles. The van der Waals surface area contributed by atoms with E-state index in [9.17, 15) is 0 Å². The lowest BCUT2D eigenvalue weighted by Gasteiger charge is -2.16. The summed E-state index contributed by atoms with van der Waals surface area (Å²) >= 11 is 0. The third-order valence-corrected chi connectivity index (χ3v) is 12.9. The smallest absolute Gasteiger partial charge is 0.221 e. The highest BCUT2D eigenvalue weighted by Crippen LogP contribution is 2.40. The number of para-hydroxylation sites is 8. The Balaban J connectivity index is 1.09. The van der Waals surface area contributed by atoms with Gasteiger partial charge in [-0.15, -0.1) is 0 Å². The summed E-state index contributed by atoms with van der Waals surface area (Å²) in [5.74, 6) is 0.806. The molecule has 0 saturated carbocycles. The van der Waals surface area contributed by atoms with Crippen molar-refractivity contribution in [3.63, 3.8) is 0 Å². The molecule has 0 aliphatic rings. The highest BCUT2D eigenvalue weighted by molar-refractivity contribution is 6.12. The van der Waals surface area contributed by atoms with E-state index < -0.39 is 0 Å². The molecule has 5 heterocycles. The summed E-state index contributed by atoms with van der Waals surface area (Å²) in [6.07, 6.45) is 0. The van der Waals surface area contributed by atoms with E-state index in [0.29, 0.717) is 0 Å². The Morgan fingerprint density at radius 1 is 0.274 bits per heavy atom. The van der Waals surface area contributed by atoms with Crippen molar-refractivity contribution in [2.45, 2.75) is 0 Å². The number of benzene rings is 9. The van der Waals surface area contributed by atoms with Crippen LogP contribution in [0.4, 0.5) is 0 Å². The Morgan fingerprint density at radius 3 is 1.23 bits per heavy atom. The third kappa shape index (κ3) is 4.58. The number of nitrogens with zero attached hydrogens (tertiary/aromatic N) is 6. The summed E-state index contributed by atoms with van der Waals surface area (Å²) in [7, 11) is 0. The molecule has 0 spiro atoms. The Kier molecular flexibility index (Phi) is 6.74. The Morgan fingerprint density at radius 2 is 0.694 bits per heavy atom. The van der Waals surface area contributed by atoms with Crippen LogP contribution in [0.3, 0.4) is 0 Å². The van der Waals surface area contributed by atoms with Crippen molar-refractivity contribution >= 4 is 93.0 Å². The maximum atomic E-state index is 5.46. The first-order valence-corrected chi connectivity index (χ1v) is 21.1. The van der Waals surface area contributed by atoms with Crippen LogP contribution in [0.1, 0.15) is 0 Å². The molecule has 0 aliphatic heterocycles. The zero-order valence-electron chi connectivity index (χ0n) is 33.3. The van der Waals surface area contributed by atoms with Crippen LogP contribution < -0.4 is 0 Å². The second-order valence-electron chi connectivity index (χ2n) is 16.3. The quantitative estimate of drug-likeness (QED) is 0.178. The van der Waals surface area contributed by atoms with Crippen LogP contribution in [-0.2, 0) is 0 Å². The molecule has 0 unspecified atom stereocenters. The normalized spacial score (nSPS) is 12.2. The third-order valence-electron chi connectivity index (χ3n) is 12.9. The van der Waals surface area contributed by atoms with E-state index in [1.165, 1.54) is 49.0 Å². The van der Waals surface area contributed by atoms with Gasteiger partial charge in [0.05, 0.1) is 49.7 Å². The van der Waals surface area contributed by atoms with Gasteiger partial charge in [-0.05, 0) is 90.0 Å². The van der Waals surface area contributed by atoms with Gasteiger partial charge < -0.3 is 9.13 Å². The van der Waals surface area contributed by atoms with E-state index >= 15 is 0 Å². The molecule has 0 fully saturated rings. The molecule has 0 atom stereocenters. The van der Waals surface area contributed by atoms with E-state index in [1.807, 2.05) is 0 Å². The summed E-state index contributed by atoms with van der Waals surface area (Å²) in [5, 5.41) is 8.30. The average molecular weight is 791 g/mol. The first kappa shape index (κ1) is 33.4. The Hall–Kier alpha value is -8.48. The van der Waals surface area contributed by atoms with E-state index in [2.05, 4.69) is 224 Å². The highest BCUT2D eigenvalue weighted by atomic mass is 15.2. The molecule has 0 bridgehead atoms. The van der Waals surface area contributed by atoms with Crippen LogP contribution in [0.25, 0.3) is 121 Å². The lowest BCUT2D eigenvalue weighted by atomic mass is 10.0. The Labute approximate surface area is 354 Å². The minimum absolute atomic E-state index is 0.806. The fourth-order valence-electron chi connectivity index (χ4n) is 10.3. The molecule has 14 aromatic rings. The molecule has 5 aromatic heterocycles. The van der Waals surface area contributed by atoms with E-state index in [-0.39, 0.29) is 0 Å². The molecule has 288 valence electrons. The van der Waals surface area contributed by atoms with Crippen molar-refractivity contribution in [3.8, 4) is 28.5 Å². The molecule has 14 rings (SSSR count). The van der Waals surface area contributed by atoms with E-state index in [1.54, 1.807) is 0 Å². The highest BCUT2D eigenvalue weighted by Gasteiger charge is 2.22. The topological polar surface area (TPSA) is 45.0 Å². The first-order valence-electron chi connectivity index (χ1n) is 21.1. The molecule has 9 aromatic carbocycles. The number of hydrogen-bond donors (Lipinski definition) is 0. The van der Waals surface area contributed by atoms with Gasteiger partial charge in [0.2, 0.25) is 5.95 Å². The van der Waals surface area contributed by atoms with Gasteiger partial charge in [0.15, 0.2) is 0 Å². The molecule has 0 aliphatic carbocycles. The lowest BCUT2D eigenvalue weighted by molar-refractivity contribution is 0.979. The van der Waals surface area contributed by atoms with Gasteiger partial charge in [0.25, 0.3) is 0 Å². The predicted molar refractivity (Wildman–Crippen MR) is 256 cm³/mol. The molecule has 62 heavy (non-hydrogen) atoms. The standard InChI is InChI=1S/C56H34N6/c1-7-21-46-45(20-1)55-57-47-22-8-14-28-53(47)62(55)56(58-46)61-52-27-13-6-19-43(52)44-30-29-35(33-54(44)61)36-31-37(59-48-23-9-2-15-39(48)40-16-3-10-24-49(40)59)34-38(32-36)60-50-25-11-4-17-41(50)42-18-5-12-26-51(42)60/h1-34H. The van der Waals surface area contributed by atoms with Gasteiger partial charge in [-0.25, -0.2) is 9.97 Å². The van der Waals surface area contributed by atoms with Crippen molar-refractivity contribution in [1.29, 1.82) is 0 Å². The fourth-order valence-corrected chi connectivity index (χ4v) is 10.3. The van der Waals surface area contributed by atoms with Gasteiger partial charge in [-0.2, -0.15) is 0 Å². The molecule has 6 heteroatoms. The zero-order valence-corrected chi connectivity index (χ0v) is 33.3. The summed E-state index contributed by atoms with van der Waals surface area (Å²) in [5.41, 5.74) is 15.0. The molecule has 6 nitrogen and oxygen atoms in total. The monoisotopic (exact) mass is 790 g/mol. The number of fused-ring (bicyclic) bond motifs is 14. The summed E-state index contributed by atoms with van der Waals surface area (Å²) in [4.78, 5) is 10.7. The second kappa shape index (κ2) is 12.5. The average Bonchev–Trinajstić information content (AvgIpc) is 4.08. The van der Waals surface area contributed by atoms with Crippen molar-refractivity contribution in [2.24, 2.45) is 0 Å². The van der Waals surface area contributed by atoms with Crippen LogP contribution in [0.2, 0.25) is 0 Å². The minimum Gasteiger partial charge on any atom is -0.309 e. The number of imidazole rings is 1. The molecule has 0 radical (unpaired) electrons. The van der Waals surface area contributed by atoms with Crippen LogP contribution >= 0.6 is 0 Å². The van der Waals surface area contributed by atoms with Crippen molar-refractivity contribution in [1.82, 2.24) is 28.1 Å². The number of aromatic nitrogens is 6. The minimum atomic E-state index is 0.806. The SMILES string of the molecule is c1ccc2c(c1)nc(-n1c3ccccc3c3ccc(-c4cc(-n5c6ccccc6c6ccccc65)cc(-n5c6ccccc6c6ccccc65)c4)cc31)n1c3ccccc3nc21. The van der Waals surface area contributed by atoms with Gasteiger partial charge >= 0.3 is 0 Å². The molecular formula is C56H34N6. The second-order valence-corrected chi connectivity index (χ2v) is 16.3. The van der Waals surface area contributed by atoms with Crippen LogP contribution in [-0.4, -0.2) is 28.1 Å². The molecule has 0 N–H and O–H groups in total. The van der Waals surface area contributed by atoms with Crippen molar-refractivity contribution < 1.29 is 0 Å². The predicted octanol–water partition coefficient (Wildman–Crippen LogP) is 14.0. The van der Waals surface area contributed by atoms with Crippen molar-refractivity contribution in [2.75, 3.05) is 0 Å². The molecule has 0 amide bonds. The first-order chi connectivity index (χ1) is 30.8. The van der Waals surface area contributed by atoms with E-state index in [4.69, 9.17) is 9.97 Å². The number of hydrogen-bond acceptors (Lipinski definition) is 2. The maximum absolute atomic E-state index is 5.46. The summed E-state index contributed by atoms with van der Waals surface area (Å²) in [6.45, 7) is 0. The van der Waals surface area contributed by atoms with Gasteiger partial charge in [0.1, 0.15) is 5.65 Å². The van der Waals surface area contributed by atoms with Gasteiger partial charge in [-0.3, -0.25) is 8.97 Å². The summed E-state index contributed by atoms with van der Waals surface area (Å²) in [6, 6.07) is 74.4. The summed E-state index contributed by atoms with van der Waals surface area (Å²) < 4.78 is 9.44. The Bertz CT molecular complexity index is 3940.